The maximum absolute atomic E-state index is 11.6. The summed E-state index contributed by atoms with van der Waals surface area (Å²) < 4.78 is 11.8. The van der Waals surface area contributed by atoms with E-state index in [1.54, 1.807) is 0 Å². The Labute approximate surface area is 242 Å². The van der Waals surface area contributed by atoms with E-state index in [4.69, 9.17) is 9.47 Å². The minimum absolute atomic E-state index is 0.0261. The Bertz CT molecular complexity index is 1720. The van der Waals surface area contributed by atoms with Gasteiger partial charge in [0.25, 0.3) is 0 Å². The highest BCUT2D eigenvalue weighted by atomic mass is 16.5. The van der Waals surface area contributed by atoms with Crippen LogP contribution in [0.1, 0.15) is 45.9 Å². The van der Waals surface area contributed by atoms with Gasteiger partial charge in [0.1, 0.15) is 34.9 Å². The molecule has 5 atom stereocenters. The van der Waals surface area contributed by atoms with E-state index in [0.717, 1.165) is 24.3 Å². The van der Waals surface area contributed by atoms with E-state index >= 15 is 0 Å². The molecule has 4 aromatic rings. The van der Waals surface area contributed by atoms with Crippen molar-refractivity contribution >= 4 is 0 Å². The molecule has 0 spiro atoms. The summed E-state index contributed by atoms with van der Waals surface area (Å²) in [5, 5.41) is 115. The normalized spacial score (nSPS) is 22.6. The molecule has 2 aliphatic heterocycles. The first-order chi connectivity index (χ1) is 20.3. The number of phenols is 9. The second-order valence-electron chi connectivity index (χ2n) is 10.5. The highest BCUT2D eigenvalue weighted by molar-refractivity contribution is 5.64. The number of ether oxygens (including phenoxy) is 2. The van der Waals surface area contributed by atoms with Gasteiger partial charge in [0.2, 0.25) is 0 Å². The zero-order chi connectivity index (χ0) is 30.9. The van der Waals surface area contributed by atoms with Crippen LogP contribution in [0.4, 0.5) is 0 Å². The highest BCUT2D eigenvalue weighted by Crippen LogP contribution is 2.55. The zero-order valence-corrected chi connectivity index (χ0v) is 21.9. The van der Waals surface area contributed by atoms with Crippen molar-refractivity contribution in [3.63, 3.8) is 0 Å². The molecule has 2 aliphatic rings. The number of hydrogen-bond acceptors (Lipinski definition) is 13. The maximum atomic E-state index is 11.6. The Balaban J connectivity index is 1.45. The van der Waals surface area contributed by atoms with Crippen molar-refractivity contribution in [2.45, 2.75) is 36.8 Å². The predicted molar refractivity (Wildman–Crippen MR) is 145 cm³/mol. The van der Waals surface area contributed by atoms with Crippen LogP contribution in [0.5, 0.6) is 63.2 Å². The summed E-state index contributed by atoms with van der Waals surface area (Å²) >= 11 is 0. The number of aliphatic hydroxyl groups excluding tert-OH is 2. The van der Waals surface area contributed by atoms with Crippen LogP contribution in [0.3, 0.4) is 0 Å². The fraction of sp³-hybridized carbons (Fsp3) is 0.200. The molecule has 0 aliphatic carbocycles. The number of benzene rings is 4. The SMILES string of the molecule is Oc1ccc2c(c1)O[C@H](c1cc(O)c(O)c(O)c1)[C@@H](O)[C@H]2c1c(O)cc2c(c1O)C[C@H](O)[C@@H](c1cc(O)c(O)c(O)c1)O2. The van der Waals surface area contributed by atoms with E-state index in [-0.39, 0.29) is 51.5 Å². The van der Waals surface area contributed by atoms with Crippen molar-refractivity contribution in [2.75, 3.05) is 0 Å². The summed E-state index contributed by atoms with van der Waals surface area (Å²) in [5.74, 6) is -6.70. The van der Waals surface area contributed by atoms with Crippen molar-refractivity contribution in [3.05, 3.63) is 76.3 Å². The summed E-state index contributed by atoms with van der Waals surface area (Å²) in [7, 11) is 0. The summed E-state index contributed by atoms with van der Waals surface area (Å²) in [6.07, 6.45) is -5.66. The zero-order valence-electron chi connectivity index (χ0n) is 21.9. The van der Waals surface area contributed by atoms with Crippen molar-refractivity contribution < 1.29 is 65.6 Å². The Kier molecular flexibility index (Phi) is 6.36. The fourth-order valence-electron chi connectivity index (χ4n) is 5.74. The van der Waals surface area contributed by atoms with Gasteiger partial charge in [-0.15, -0.1) is 0 Å². The third kappa shape index (κ3) is 4.42. The molecule has 0 radical (unpaired) electrons. The lowest BCUT2D eigenvalue weighted by molar-refractivity contribution is 0.00649. The molecule has 4 aromatic carbocycles. The molecule has 0 fully saturated rings. The third-order valence-electron chi connectivity index (χ3n) is 7.79. The molecule has 0 saturated carbocycles. The van der Waals surface area contributed by atoms with Crippen LogP contribution >= 0.6 is 0 Å². The second-order valence-corrected chi connectivity index (χ2v) is 10.5. The van der Waals surface area contributed by atoms with Crippen LogP contribution < -0.4 is 9.47 Å². The number of aromatic hydroxyl groups is 9. The van der Waals surface area contributed by atoms with Crippen molar-refractivity contribution in [1.29, 1.82) is 0 Å². The number of aliphatic hydroxyl groups is 2. The molecule has 13 nitrogen and oxygen atoms in total. The molecule has 2 heterocycles. The molecule has 0 bridgehead atoms. The first-order valence-electron chi connectivity index (χ1n) is 12.9. The highest BCUT2D eigenvalue weighted by Gasteiger charge is 2.44. The Morgan fingerprint density at radius 3 is 1.67 bits per heavy atom. The molecule has 0 amide bonds. The number of rotatable bonds is 3. The van der Waals surface area contributed by atoms with Crippen LogP contribution in [-0.4, -0.2) is 68.4 Å². The Morgan fingerprint density at radius 1 is 0.558 bits per heavy atom. The smallest absolute Gasteiger partial charge is 0.200 e. The van der Waals surface area contributed by atoms with Gasteiger partial charge in [-0.25, -0.2) is 0 Å². The first-order valence-corrected chi connectivity index (χ1v) is 12.9. The molecule has 0 saturated heterocycles. The van der Waals surface area contributed by atoms with Gasteiger partial charge in [0.15, 0.2) is 46.7 Å². The quantitative estimate of drug-likeness (QED) is 0.153. The molecule has 6 rings (SSSR count). The number of hydrogen-bond donors (Lipinski definition) is 11. The van der Waals surface area contributed by atoms with E-state index in [1.807, 2.05) is 0 Å². The van der Waals surface area contributed by atoms with Gasteiger partial charge < -0.3 is 65.6 Å². The lowest BCUT2D eigenvalue weighted by Gasteiger charge is -2.39. The van der Waals surface area contributed by atoms with E-state index in [9.17, 15) is 56.2 Å². The summed E-state index contributed by atoms with van der Waals surface area (Å²) in [5.41, 5.74) is 0.278. The van der Waals surface area contributed by atoms with Crippen LogP contribution in [0, 0.1) is 0 Å². The topological polar surface area (TPSA) is 241 Å². The Morgan fingerprint density at radius 2 is 1.09 bits per heavy atom. The van der Waals surface area contributed by atoms with Crippen LogP contribution in [0.25, 0.3) is 0 Å². The van der Waals surface area contributed by atoms with E-state index in [1.165, 1.54) is 24.3 Å². The standard InChI is InChI=1S/C30H26O13/c31-12-1-2-13-21(7-12)43-30(11-5-18(35)27(40)19(36)6-11)28(41)23(13)24-15(32)9-22-14(25(24)38)8-20(37)29(42-22)10-3-16(33)26(39)17(34)4-10/h1-7,9,20,23,28-41H,8H2/t20-,23+,28-,29+,30+/m0/s1. The lowest BCUT2D eigenvalue weighted by Crippen LogP contribution is -2.35. The van der Waals surface area contributed by atoms with E-state index in [2.05, 4.69) is 0 Å². The van der Waals surface area contributed by atoms with Gasteiger partial charge in [-0.2, -0.15) is 0 Å². The fourth-order valence-corrected chi connectivity index (χ4v) is 5.74. The molecule has 13 heteroatoms. The molecule has 0 aromatic heterocycles. The van der Waals surface area contributed by atoms with Gasteiger partial charge in [-0.05, 0) is 30.3 Å². The van der Waals surface area contributed by atoms with Gasteiger partial charge in [0.05, 0.1) is 6.10 Å². The molecular formula is C30H26O13. The average molecular weight is 595 g/mol. The van der Waals surface area contributed by atoms with Crippen LogP contribution in [0.2, 0.25) is 0 Å². The largest absolute Gasteiger partial charge is 0.508 e. The first kappa shape index (κ1) is 27.8. The second kappa shape index (κ2) is 9.86. The average Bonchev–Trinajstić information content (AvgIpc) is 2.95. The van der Waals surface area contributed by atoms with Crippen molar-refractivity contribution in [2.24, 2.45) is 0 Å². The lowest BCUT2D eigenvalue weighted by atomic mass is 9.78. The molecule has 43 heavy (non-hydrogen) atoms. The van der Waals surface area contributed by atoms with Gasteiger partial charge in [0, 0.05) is 52.3 Å². The van der Waals surface area contributed by atoms with Crippen molar-refractivity contribution in [1.82, 2.24) is 0 Å². The minimum Gasteiger partial charge on any atom is -0.508 e. The minimum atomic E-state index is -1.58. The van der Waals surface area contributed by atoms with Gasteiger partial charge in [-0.1, -0.05) is 6.07 Å². The van der Waals surface area contributed by atoms with E-state index < -0.39 is 76.3 Å². The van der Waals surface area contributed by atoms with Gasteiger partial charge >= 0.3 is 0 Å². The van der Waals surface area contributed by atoms with Crippen molar-refractivity contribution in [3.8, 4) is 63.2 Å². The molecule has 11 N–H and O–H groups in total. The summed E-state index contributed by atoms with van der Waals surface area (Å²) in [6.45, 7) is 0. The van der Waals surface area contributed by atoms with E-state index in [0.29, 0.717) is 0 Å². The number of phenolic OH excluding ortho intramolecular Hbond substituents is 9. The molecule has 0 unspecified atom stereocenters. The summed E-state index contributed by atoms with van der Waals surface area (Å²) in [4.78, 5) is 0. The third-order valence-corrected chi connectivity index (χ3v) is 7.79. The molecule has 224 valence electrons. The Hall–Kier alpha value is -5.40. The maximum Gasteiger partial charge on any atom is 0.200 e. The van der Waals surface area contributed by atoms with Crippen LogP contribution in [-0.2, 0) is 6.42 Å². The summed E-state index contributed by atoms with van der Waals surface area (Å²) in [6, 6.07) is 9.44. The number of fused-ring (bicyclic) bond motifs is 2. The predicted octanol–water partition coefficient (Wildman–Crippen LogP) is 2.70. The molecular weight excluding hydrogens is 568 g/mol. The monoisotopic (exact) mass is 594 g/mol. The van der Waals surface area contributed by atoms with Crippen LogP contribution in [0.15, 0.2) is 48.5 Å². The van der Waals surface area contributed by atoms with Gasteiger partial charge in [-0.3, -0.25) is 0 Å².